The number of hydrogen-bond donors (Lipinski definition) is 1. The van der Waals surface area contributed by atoms with Crippen LogP contribution in [0.4, 0.5) is 13.2 Å². The SMILES string of the molecule is CCCNC(CC)C(C)c1ccccc1C(F)(F)F. The first-order chi connectivity index (χ1) is 8.91. The van der Waals surface area contributed by atoms with Gasteiger partial charge in [0.05, 0.1) is 5.56 Å². The molecular formula is C15H22F3N. The number of benzene rings is 1. The number of alkyl halides is 3. The Morgan fingerprint density at radius 3 is 2.32 bits per heavy atom. The maximum Gasteiger partial charge on any atom is 0.416 e. The van der Waals surface area contributed by atoms with Gasteiger partial charge in [0, 0.05) is 6.04 Å². The van der Waals surface area contributed by atoms with Crippen molar-refractivity contribution >= 4 is 0 Å². The van der Waals surface area contributed by atoms with Gasteiger partial charge in [-0.3, -0.25) is 0 Å². The Labute approximate surface area is 113 Å². The zero-order valence-corrected chi connectivity index (χ0v) is 11.7. The zero-order valence-electron chi connectivity index (χ0n) is 11.7. The number of halogens is 3. The normalized spacial score (nSPS) is 15.3. The summed E-state index contributed by atoms with van der Waals surface area (Å²) in [7, 11) is 0. The Balaban J connectivity index is 3.01. The molecule has 108 valence electrons. The molecule has 0 aromatic heterocycles. The molecular weight excluding hydrogens is 251 g/mol. The molecule has 0 amide bonds. The van der Waals surface area contributed by atoms with Gasteiger partial charge in [0.1, 0.15) is 0 Å². The summed E-state index contributed by atoms with van der Waals surface area (Å²) in [4.78, 5) is 0. The minimum absolute atomic E-state index is 0.0726. The van der Waals surface area contributed by atoms with E-state index in [1.807, 2.05) is 20.8 Å². The lowest BCUT2D eigenvalue weighted by atomic mass is 9.88. The van der Waals surface area contributed by atoms with E-state index in [0.29, 0.717) is 5.56 Å². The van der Waals surface area contributed by atoms with Gasteiger partial charge >= 0.3 is 6.18 Å². The zero-order chi connectivity index (χ0) is 14.5. The van der Waals surface area contributed by atoms with Crippen LogP contribution in [-0.2, 0) is 6.18 Å². The second-order valence-electron chi connectivity index (χ2n) is 4.84. The van der Waals surface area contributed by atoms with Gasteiger partial charge < -0.3 is 5.32 Å². The Kier molecular flexibility index (Phi) is 5.85. The van der Waals surface area contributed by atoms with Gasteiger partial charge in [-0.2, -0.15) is 13.2 Å². The van der Waals surface area contributed by atoms with E-state index < -0.39 is 11.7 Å². The van der Waals surface area contributed by atoms with E-state index >= 15 is 0 Å². The van der Waals surface area contributed by atoms with Crippen molar-refractivity contribution in [2.45, 2.75) is 51.7 Å². The predicted molar refractivity (Wildman–Crippen MR) is 72.2 cm³/mol. The molecule has 2 unspecified atom stereocenters. The van der Waals surface area contributed by atoms with Crippen LogP contribution in [0, 0.1) is 0 Å². The second-order valence-corrected chi connectivity index (χ2v) is 4.84. The summed E-state index contributed by atoms with van der Waals surface area (Å²) in [6, 6.07) is 5.94. The highest BCUT2D eigenvalue weighted by Crippen LogP contribution is 2.36. The van der Waals surface area contributed by atoms with Crippen molar-refractivity contribution < 1.29 is 13.2 Å². The van der Waals surface area contributed by atoms with Crippen molar-refractivity contribution in [3.8, 4) is 0 Å². The van der Waals surface area contributed by atoms with Crippen LogP contribution in [0.3, 0.4) is 0 Å². The molecule has 0 heterocycles. The molecule has 1 aromatic rings. The maximum absolute atomic E-state index is 13.0. The average Bonchev–Trinajstić information content (AvgIpc) is 2.38. The van der Waals surface area contributed by atoms with Crippen molar-refractivity contribution in [1.82, 2.24) is 5.32 Å². The molecule has 1 nitrogen and oxygen atoms in total. The fourth-order valence-corrected chi connectivity index (χ4v) is 2.37. The lowest BCUT2D eigenvalue weighted by Gasteiger charge is -2.26. The molecule has 0 aliphatic rings. The monoisotopic (exact) mass is 273 g/mol. The minimum atomic E-state index is -4.28. The van der Waals surface area contributed by atoms with E-state index in [1.165, 1.54) is 12.1 Å². The van der Waals surface area contributed by atoms with E-state index in [9.17, 15) is 13.2 Å². The highest BCUT2D eigenvalue weighted by atomic mass is 19.4. The number of rotatable bonds is 6. The summed E-state index contributed by atoms with van der Waals surface area (Å²) in [6.45, 7) is 6.74. The lowest BCUT2D eigenvalue weighted by Crippen LogP contribution is -2.34. The molecule has 0 radical (unpaired) electrons. The first-order valence-corrected chi connectivity index (χ1v) is 6.81. The molecule has 0 aliphatic carbocycles. The molecule has 0 saturated carbocycles. The molecule has 0 fully saturated rings. The van der Waals surface area contributed by atoms with Gasteiger partial charge in [-0.1, -0.05) is 39.0 Å². The molecule has 1 aromatic carbocycles. The Bertz CT molecular complexity index is 387. The predicted octanol–water partition coefficient (Wildman–Crippen LogP) is 4.59. The molecule has 0 bridgehead atoms. The van der Waals surface area contributed by atoms with Crippen molar-refractivity contribution in [3.05, 3.63) is 35.4 Å². The van der Waals surface area contributed by atoms with Gasteiger partial charge in [0.15, 0.2) is 0 Å². The van der Waals surface area contributed by atoms with E-state index in [4.69, 9.17) is 0 Å². The van der Waals surface area contributed by atoms with E-state index in [-0.39, 0.29) is 12.0 Å². The Hall–Kier alpha value is -1.03. The Morgan fingerprint density at radius 2 is 1.79 bits per heavy atom. The second kappa shape index (κ2) is 6.94. The van der Waals surface area contributed by atoms with Crippen molar-refractivity contribution in [2.75, 3.05) is 6.54 Å². The third kappa shape index (κ3) is 4.23. The minimum Gasteiger partial charge on any atom is -0.313 e. The van der Waals surface area contributed by atoms with Crippen LogP contribution in [0.2, 0.25) is 0 Å². The first-order valence-electron chi connectivity index (χ1n) is 6.81. The molecule has 2 atom stereocenters. The molecule has 0 aliphatic heterocycles. The molecule has 0 spiro atoms. The lowest BCUT2D eigenvalue weighted by molar-refractivity contribution is -0.138. The van der Waals surface area contributed by atoms with Crippen LogP contribution in [0.1, 0.15) is 50.7 Å². The Morgan fingerprint density at radius 1 is 1.16 bits per heavy atom. The van der Waals surface area contributed by atoms with Crippen LogP contribution in [0.15, 0.2) is 24.3 Å². The number of hydrogen-bond acceptors (Lipinski definition) is 1. The smallest absolute Gasteiger partial charge is 0.313 e. The standard InChI is InChI=1S/C15H22F3N/c1-4-10-19-14(5-2)11(3)12-8-6-7-9-13(12)15(16,17)18/h6-9,11,14,19H,4-5,10H2,1-3H3. The van der Waals surface area contributed by atoms with Crippen LogP contribution >= 0.6 is 0 Å². The van der Waals surface area contributed by atoms with Gasteiger partial charge in [0.25, 0.3) is 0 Å². The summed E-state index contributed by atoms with van der Waals surface area (Å²) >= 11 is 0. The van der Waals surface area contributed by atoms with E-state index in [0.717, 1.165) is 19.4 Å². The van der Waals surface area contributed by atoms with Gasteiger partial charge in [-0.05, 0) is 36.9 Å². The summed E-state index contributed by atoms with van der Waals surface area (Å²) in [5, 5.41) is 3.33. The van der Waals surface area contributed by atoms with Crippen LogP contribution < -0.4 is 5.32 Å². The van der Waals surface area contributed by atoms with Crippen molar-refractivity contribution in [2.24, 2.45) is 0 Å². The fraction of sp³-hybridized carbons (Fsp3) is 0.600. The highest BCUT2D eigenvalue weighted by molar-refractivity contribution is 5.33. The van der Waals surface area contributed by atoms with E-state index in [1.54, 1.807) is 12.1 Å². The largest absolute Gasteiger partial charge is 0.416 e. The van der Waals surface area contributed by atoms with E-state index in [2.05, 4.69) is 5.32 Å². The highest BCUT2D eigenvalue weighted by Gasteiger charge is 2.35. The molecule has 19 heavy (non-hydrogen) atoms. The fourth-order valence-electron chi connectivity index (χ4n) is 2.37. The quantitative estimate of drug-likeness (QED) is 0.799. The maximum atomic E-state index is 13.0. The van der Waals surface area contributed by atoms with Crippen LogP contribution in [-0.4, -0.2) is 12.6 Å². The van der Waals surface area contributed by atoms with Crippen molar-refractivity contribution in [3.63, 3.8) is 0 Å². The third-order valence-electron chi connectivity index (χ3n) is 3.46. The van der Waals surface area contributed by atoms with Gasteiger partial charge in [0.2, 0.25) is 0 Å². The third-order valence-corrected chi connectivity index (χ3v) is 3.46. The topological polar surface area (TPSA) is 12.0 Å². The average molecular weight is 273 g/mol. The summed E-state index contributed by atoms with van der Waals surface area (Å²) in [6.07, 6.45) is -2.49. The molecule has 1 rings (SSSR count). The summed E-state index contributed by atoms with van der Waals surface area (Å²) < 4.78 is 39.0. The molecule has 4 heteroatoms. The van der Waals surface area contributed by atoms with Crippen molar-refractivity contribution in [1.29, 1.82) is 0 Å². The molecule has 1 N–H and O–H groups in total. The van der Waals surface area contributed by atoms with Gasteiger partial charge in [-0.25, -0.2) is 0 Å². The summed E-state index contributed by atoms with van der Waals surface area (Å²) in [5.74, 6) is -0.158. The molecule has 0 saturated heterocycles. The first kappa shape index (κ1) is 16.0. The van der Waals surface area contributed by atoms with Crippen LogP contribution in [0.25, 0.3) is 0 Å². The summed E-state index contributed by atoms with van der Waals surface area (Å²) in [5.41, 5.74) is -0.135. The number of nitrogens with one attached hydrogen (secondary N) is 1. The van der Waals surface area contributed by atoms with Crippen LogP contribution in [0.5, 0.6) is 0 Å². The van der Waals surface area contributed by atoms with Gasteiger partial charge in [-0.15, -0.1) is 0 Å².